The molecule has 0 fully saturated rings. The molecule has 0 atom stereocenters. The highest BCUT2D eigenvalue weighted by Crippen LogP contribution is 2.29. The van der Waals surface area contributed by atoms with Crippen molar-refractivity contribution < 1.29 is 18.3 Å². The Bertz CT molecular complexity index is 1220. The number of aryl methyl sites for hydroxylation is 1. The number of pyridine rings is 2. The lowest BCUT2D eigenvalue weighted by Gasteiger charge is -2.09. The van der Waals surface area contributed by atoms with E-state index in [-0.39, 0.29) is 23.5 Å². The molecule has 0 saturated heterocycles. The van der Waals surface area contributed by atoms with E-state index < -0.39 is 17.6 Å². The fraction of sp³-hybridized carbons (Fsp3) is 0.143. The van der Waals surface area contributed by atoms with E-state index in [1.165, 1.54) is 10.7 Å². The zero-order chi connectivity index (χ0) is 20.5. The summed E-state index contributed by atoms with van der Waals surface area (Å²) in [4.78, 5) is 21.3. The molecule has 6 nitrogen and oxygen atoms in total. The standard InChI is InChI=1S/C21H16F2N4O2/c1-3-29-21(28)15-10-17(13-5-4-8-24-11-13)25-20-19(15)12(2)26-27(20)18-7-6-14(22)9-16(18)23/h4-11H,3H2,1-2H3. The summed E-state index contributed by atoms with van der Waals surface area (Å²) < 4.78 is 34.3. The van der Waals surface area contributed by atoms with Crippen LogP contribution in [0.15, 0.2) is 48.8 Å². The van der Waals surface area contributed by atoms with Crippen molar-refractivity contribution in [2.45, 2.75) is 13.8 Å². The van der Waals surface area contributed by atoms with Gasteiger partial charge < -0.3 is 4.74 Å². The number of hydrogen-bond acceptors (Lipinski definition) is 5. The molecule has 0 N–H and O–H groups in total. The van der Waals surface area contributed by atoms with Crippen LogP contribution in [0, 0.1) is 18.6 Å². The summed E-state index contributed by atoms with van der Waals surface area (Å²) in [6.07, 6.45) is 3.23. The van der Waals surface area contributed by atoms with Gasteiger partial charge in [-0.1, -0.05) is 0 Å². The Balaban J connectivity index is 2.04. The monoisotopic (exact) mass is 394 g/mol. The van der Waals surface area contributed by atoms with Crippen LogP contribution < -0.4 is 0 Å². The highest BCUT2D eigenvalue weighted by Gasteiger charge is 2.22. The summed E-state index contributed by atoms with van der Waals surface area (Å²) in [6.45, 7) is 3.60. The van der Waals surface area contributed by atoms with Crippen LogP contribution in [0.5, 0.6) is 0 Å². The summed E-state index contributed by atoms with van der Waals surface area (Å²) in [5.74, 6) is -2.02. The maximum absolute atomic E-state index is 14.4. The normalized spacial score (nSPS) is 11.0. The molecule has 29 heavy (non-hydrogen) atoms. The summed E-state index contributed by atoms with van der Waals surface area (Å²) >= 11 is 0. The van der Waals surface area contributed by atoms with E-state index in [1.54, 1.807) is 44.4 Å². The van der Waals surface area contributed by atoms with Gasteiger partial charge in [0.15, 0.2) is 11.5 Å². The van der Waals surface area contributed by atoms with Crippen LogP contribution >= 0.6 is 0 Å². The van der Waals surface area contributed by atoms with Gasteiger partial charge in [-0.25, -0.2) is 23.2 Å². The summed E-state index contributed by atoms with van der Waals surface area (Å²) in [6, 6.07) is 8.33. The molecule has 8 heteroatoms. The lowest BCUT2D eigenvalue weighted by Crippen LogP contribution is -2.07. The summed E-state index contributed by atoms with van der Waals surface area (Å²) in [5, 5.41) is 4.80. The number of nitrogens with zero attached hydrogens (tertiary/aromatic N) is 4. The van der Waals surface area contributed by atoms with E-state index in [0.29, 0.717) is 22.3 Å². The fourth-order valence-corrected chi connectivity index (χ4v) is 3.14. The predicted octanol–water partition coefficient (Wildman–Crippen LogP) is 4.25. The second-order valence-electron chi connectivity index (χ2n) is 6.31. The Labute approximate surface area is 164 Å². The minimum absolute atomic E-state index is 0.0233. The predicted molar refractivity (Wildman–Crippen MR) is 103 cm³/mol. The summed E-state index contributed by atoms with van der Waals surface area (Å²) in [7, 11) is 0. The van der Waals surface area contributed by atoms with Crippen LogP contribution in [0.4, 0.5) is 8.78 Å². The van der Waals surface area contributed by atoms with Crippen LogP contribution in [0.2, 0.25) is 0 Å². The maximum atomic E-state index is 14.4. The maximum Gasteiger partial charge on any atom is 0.339 e. The minimum atomic E-state index is -0.791. The van der Waals surface area contributed by atoms with Gasteiger partial charge in [-0.2, -0.15) is 5.10 Å². The van der Waals surface area contributed by atoms with Crippen molar-refractivity contribution in [3.8, 4) is 16.9 Å². The molecule has 3 heterocycles. The first kappa shape index (κ1) is 18.7. The third kappa shape index (κ3) is 3.33. The molecule has 0 spiro atoms. The van der Waals surface area contributed by atoms with Gasteiger partial charge in [-0.15, -0.1) is 0 Å². The molecule has 0 unspecified atom stereocenters. The number of carbonyl (C=O) groups is 1. The zero-order valence-electron chi connectivity index (χ0n) is 15.7. The molecule has 146 valence electrons. The largest absolute Gasteiger partial charge is 0.462 e. The van der Waals surface area contributed by atoms with Gasteiger partial charge in [0.1, 0.15) is 11.5 Å². The molecule has 0 aliphatic heterocycles. The van der Waals surface area contributed by atoms with E-state index in [9.17, 15) is 13.6 Å². The average Bonchev–Trinajstić information content (AvgIpc) is 3.04. The van der Waals surface area contributed by atoms with E-state index in [1.807, 2.05) is 0 Å². The zero-order valence-corrected chi connectivity index (χ0v) is 15.7. The number of fused-ring (bicyclic) bond motifs is 1. The van der Waals surface area contributed by atoms with Gasteiger partial charge in [0.05, 0.1) is 28.9 Å². The van der Waals surface area contributed by atoms with Crippen LogP contribution in [0.1, 0.15) is 23.0 Å². The smallest absolute Gasteiger partial charge is 0.339 e. The van der Waals surface area contributed by atoms with E-state index in [0.717, 1.165) is 12.1 Å². The molecule has 0 radical (unpaired) electrons. The highest BCUT2D eigenvalue weighted by molar-refractivity contribution is 6.05. The molecule has 0 aliphatic rings. The van der Waals surface area contributed by atoms with Crippen LogP contribution in [0.3, 0.4) is 0 Å². The van der Waals surface area contributed by atoms with Crippen molar-refractivity contribution in [3.63, 3.8) is 0 Å². The van der Waals surface area contributed by atoms with Crippen molar-refractivity contribution in [2.24, 2.45) is 0 Å². The Morgan fingerprint density at radius 1 is 1.21 bits per heavy atom. The lowest BCUT2D eigenvalue weighted by molar-refractivity contribution is 0.0528. The first-order valence-electron chi connectivity index (χ1n) is 8.93. The highest BCUT2D eigenvalue weighted by atomic mass is 19.1. The van der Waals surface area contributed by atoms with Gasteiger partial charge in [0.2, 0.25) is 0 Å². The van der Waals surface area contributed by atoms with Gasteiger partial charge in [-0.3, -0.25) is 4.98 Å². The van der Waals surface area contributed by atoms with Crippen LogP contribution in [0.25, 0.3) is 28.0 Å². The number of benzene rings is 1. The lowest BCUT2D eigenvalue weighted by atomic mass is 10.1. The fourth-order valence-electron chi connectivity index (χ4n) is 3.14. The molecule has 0 saturated carbocycles. The second-order valence-corrected chi connectivity index (χ2v) is 6.31. The van der Waals surface area contributed by atoms with Crippen molar-refractivity contribution in [3.05, 3.63) is 71.7 Å². The molecule has 4 aromatic rings. The molecule has 4 rings (SSSR count). The number of hydrogen-bond donors (Lipinski definition) is 0. The van der Waals surface area contributed by atoms with Crippen molar-refractivity contribution in [1.82, 2.24) is 19.7 Å². The van der Waals surface area contributed by atoms with Gasteiger partial charge in [-0.05, 0) is 44.2 Å². The molecule has 0 aliphatic carbocycles. The molecule has 3 aromatic heterocycles. The number of ether oxygens (including phenoxy) is 1. The van der Waals surface area contributed by atoms with Crippen molar-refractivity contribution in [2.75, 3.05) is 6.61 Å². The number of halogens is 2. The summed E-state index contributed by atoms with van der Waals surface area (Å²) in [5.41, 5.74) is 2.15. The van der Waals surface area contributed by atoms with Gasteiger partial charge in [0, 0.05) is 24.0 Å². The third-order valence-electron chi connectivity index (χ3n) is 4.40. The van der Waals surface area contributed by atoms with Gasteiger partial charge >= 0.3 is 5.97 Å². The number of aromatic nitrogens is 4. The first-order chi connectivity index (χ1) is 14.0. The average molecular weight is 394 g/mol. The molecular weight excluding hydrogens is 378 g/mol. The Hall–Kier alpha value is -3.68. The SMILES string of the molecule is CCOC(=O)c1cc(-c2cccnc2)nc2c1c(C)nn2-c1ccc(F)cc1F. The second kappa shape index (κ2) is 7.38. The first-order valence-corrected chi connectivity index (χ1v) is 8.93. The van der Waals surface area contributed by atoms with E-state index in [4.69, 9.17) is 4.74 Å². The van der Waals surface area contributed by atoms with Crippen LogP contribution in [-0.2, 0) is 4.74 Å². The van der Waals surface area contributed by atoms with E-state index >= 15 is 0 Å². The number of carbonyl (C=O) groups excluding carboxylic acids is 1. The number of rotatable bonds is 4. The molecule has 1 aromatic carbocycles. The van der Waals surface area contributed by atoms with E-state index in [2.05, 4.69) is 15.1 Å². The number of esters is 1. The molecule has 0 amide bonds. The minimum Gasteiger partial charge on any atom is -0.462 e. The quantitative estimate of drug-likeness (QED) is 0.484. The van der Waals surface area contributed by atoms with Crippen LogP contribution in [-0.4, -0.2) is 32.3 Å². The Kier molecular flexibility index (Phi) is 4.75. The molecule has 0 bridgehead atoms. The van der Waals surface area contributed by atoms with Crippen molar-refractivity contribution in [1.29, 1.82) is 0 Å². The Morgan fingerprint density at radius 2 is 2.03 bits per heavy atom. The molecular formula is C21H16F2N4O2. The third-order valence-corrected chi connectivity index (χ3v) is 4.40. The van der Waals surface area contributed by atoms with Gasteiger partial charge in [0.25, 0.3) is 0 Å². The Morgan fingerprint density at radius 3 is 2.72 bits per heavy atom. The van der Waals surface area contributed by atoms with Crippen molar-refractivity contribution >= 4 is 17.0 Å². The topological polar surface area (TPSA) is 69.9 Å².